The highest BCUT2D eigenvalue weighted by Gasteiger charge is 2.19. The summed E-state index contributed by atoms with van der Waals surface area (Å²) in [5, 5.41) is 7.86. The molecule has 10 nitrogen and oxygen atoms in total. The molecule has 0 N–H and O–H groups in total. The van der Waals surface area contributed by atoms with E-state index in [0.29, 0.717) is 34.4 Å². The zero-order valence-corrected chi connectivity index (χ0v) is 19.2. The molecule has 0 saturated heterocycles. The maximum Gasteiger partial charge on any atom is 0.342 e. The van der Waals surface area contributed by atoms with Crippen molar-refractivity contribution in [3.05, 3.63) is 70.9 Å². The molecule has 4 aromatic rings. The lowest BCUT2D eigenvalue weighted by atomic mass is 10.2. The fourth-order valence-electron chi connectivity index (χ4n) is 3.23. The summed E-state index contributed by atoms with van der Waals surface area (Å²) < 4.78 is 32.2. The predicted octanol–water partition coefficient (Wildman–Crippen LogP) is 4.29. The zero-order chi connectivity index (χ0) is 24.1. The number of para-hydroxylation sites is 1. The normalized spacial score (nSPS) is 10.7. The molecule has 0 aliphatic carbocycles. The van der Waals surface area contributed by atoms with Crippen LogP contribution in [0.25, 0.3) is 11.4 Å². The number of hydrogen-bond acceptors (Lipinski definition) is 10. The SMILES string of the molecule is COc1ccc(-c2noc(COC(=O)c3ccccc3OCc3c(C)noc3C)n2)c(OC)c1. The van der Waals surface area contributed by atoms with Crippen LogP contribution in [0.5, 0.6) is 17.2 Å². The van der Waals surface area contributed by atoms with E-state index in [0.717, 1.165) is 11.3 Å². The van der Waals surface area contributed by atoms with Crippen LogP contribution in [0.2, 0.25) is 0 Å². The molecule has 0 amide bonds. The summed E-state index contributed by atoms with van der Waals surface area (Å²) in [5.41, 5.74) is 2.45. The Labute approximate surface area is 195 Å². The third kappa shape index (κ3) is 4.85. The van der Waals surface area contributed by atoms with E-state index in [4.69, 9.17) is 28.0 Å². The summed E-state index contributed by atoms with van der Waals surface area (Å²) in [6, 6.07) is 12.0. The third-order valence-electron chi connectivity index (χ3n) is 5.10. The molecule has 0 fully saturated rings. The van der Waals surface area contributed by atoms with E-state index in [1.165, 1.54) is 7.11 Å². The molecule has 2 aromatic carbocycles. The van der Waals surface area contributed by atoms with Gasteiger partial charge in [-0.15, -0.1) is 0 Å². The molecule has 4 rings (SSSR count). The molecule has 176 valence electrons. The topological polar surface area (TPSA) is 119 Å². The molecule has 0 bridgehead atoms. The first-order valence-electron chi connectivity index (χ1n) is 10.4. The van der Waals surface area contributed by atoms with Crippen molar-refractivity contribution < 1.29 is 32.8 Å². The third-order valence-corrected chi connectivity index (χ3v) is 5.10. The van der Waals surface area contributed by atoms with Crippen molar-refractivity contribution >= 4 is 5.97 Å². The van der Waals surface area contributed by atoms with Gasteiger partial charge in [0, 0.05) is 6.07 Å². The standard InChI is InChI=1S/C24H23N3O7/c1-14-19(15(2)33-26-14)12-31-20-8-6-5-7-18(20)24(28)32-13-22-25-23(27-34-22)17-10-9-16(29-3)11-21(17)30-4/h5-11H,12-13H2,1-4H3. The molecule has 10 heteroatoms. The lowest BCUT2D eigenvalue weighted by Gasteiger charge is -2.10. The summed E-state index contributed by atoms with van der Waals surface area (Å²) in [6.07, 6.45) is 0. The number of carbonyl (C=O) groups excluding carboxylic acids is 1. The van der Waals surface area contributed by atoms with E-state index < -0.39 is 5.97 Å². The van der Waals surface area contributed by atoms with Crippen LogP contribution in [-0.2, 0) is 18.0 Å². The number of benzene rings is 2. The molecule has 2 heterocycles. The molecule has 0 saturated carbocycles. The second-order valence-electron chi connectivity index (χ2n) is 7.24. The van der Waals surface area contributed by atoms with E-state index in [2.05, 4.69) is 15.3 Å². The molecule has 0 unspecified atom stereocenters. The molecule has 2 aromatic heterocycles. The van der Waals surface area contributed by atoms with Gasteiger partial charge in [0.2, 0.25) is 5.82 Å². The van der Waals surface area contributed by atoms with Crippen LogP contribution < -0.4 is 14.2 Å². The van der Waals surface area contributed by atoms with Crippen LogP contribution in [0.1, 0.15) is 33.3 Å². The second kappa shape index (κ2) is 10.1. The average molecular weight is 465 g/mol. The minimum Gasteiger partial charge on any atom is -0.497 e. The summed E-state index contributed by atoms with van der Waals surface area (Å²) >= 11 is 0. The van der Waals surface area contributed by atoms with Crippen molar-refractivity contribution in [1.82, 2.24) is 15.3 Å². The minimum absolute atomic E-state index is 0.135. The van der Waals surface area contributed by atoms with Crippen molar-refractivity contribution in [1.29, 1.82) is 0 Å². The van der Waals surface area contributed by atoms with Crippen LogP contribution in [0.15, 0.2) is 51.5 Å². The number of nitrogens with zero attached hydrogens (tertiary/aromatic N) is 3. The maximum absolute atomic E-state index is 12.7. The van der Waals surface area contributed by atoms with Gasteiger partial charge in [0.1, 0.15) is 35.2 Å². The Morgan fingerprint density at radius 1 is 0.941 bits per heavy atom. The van der Waals surface area contributed by atoms with Gasteiger partial charge in [-0.1, -0.05) is 22.4 Å². The van der Waals surface area contributed by atoms with Gasteiger partial charge in [0.15, 0.2) is 6.61 Å². The summed E-state index contributed by atoms with van der Waals surface area (Å²) in [6.45, 7) is 3.64. The number of carbonyl (C=O) groups is 1. The van der Waals surface area contributed by atoms with Crippen molar-refractivity contribution in [3.8, 4) is 28.6 Å². The van der Waals surface area contributed by atoms with Crippen LogP contribution in [0.4, 0.5) is 0 Å². The lowest BCUT2D eigenvalue weighted by molar-refractivity contribution is 0.0425. The minimum atomic E-state index is -0.587. The summed E-state index contributed by atoms with van der Waals surface area (Å²) in [7, 11) is 3.10. The van der Waals surface area contributed by atoms with Crippen LogP contribution in [0.3, 0.4) is 0 Å². The van der Waals surface area contributed by atoms with Crippen LogP contribution in [-0.4, -0.2) is 35.5 Å². The lowest BCUT2D eigenvalue weighted by Crippen LogP contribution is -2.09. The Morgan fingerprint density at radius 3 is 2.50 bits per heavy atom. The smallest absolute Gasteiger partial charge is 0.342 e. The van der Waals surface area contributed by atoms with Gasteiger partial charge < -0.3 is 28.0 Å². The Balaban J connectivity index is 1.43. The highest BCUT2D eigenvalue weighted by Crippen LogP contribution is 2.31. The van der Waals surface area contributed by atoms with Crippen LogP contribution >= 0.6 is 0 Å². The number of rotatable bonds is 9. The van der Waals surface area contributed by atoms with Crippen molar-refractivity contribution in [2.45, 2.75) is 27.1 Å². The molecule has 0 spiro atoms. The quantitative estimate of drug-likeness (QED) is 0.331. The Hall–Kier alpha value is -4.34. The Kier molecular flexibility index (Phi) is 6.77. The van der Waals surface area contributed by atoms with E-state index >= 15 is 0 Å². The number of ether oxygens (including phenoxy) is 4. The van der Waals surface area contributed by atoms with Crippen molar-refractivity contribution in [2.75, 3.05) is 14.2 Å². The van der Waals surface area contributed by atoms with Gasteiger partial charge in [0.05, 0.1) is 31.0 Å². The van der Waals surface area contributed by atoms with E-state index in [1.807, 2.05) is 6.92 Å². The highest BCUT2D eigenvalue weighted by atomic mass is 16.6. The molecule has 34 heavy (non-hydrogen) atoms. The van der Waals surface area contributed by atoms with Crippen molar-refractivity contribution in [2.24, 2.45) is 0 Å². The number of aromatic nitrogens is 3. The Morgan fingerprint density at radius 2 is 1.76 bits per heavy atom. The van der Waals surface area contributed by atoms with E-state index in [9.17, 15) is 4.79 Å². The molecule has 0 atom stereocenters. The van der Waals surface area contributed by atoms with E-state index in [1.54, 1.807) is 56.5 Å². The monoisotopic (exact) mass is 465 g/mol. The largest absolute Gasteiger partial charge is 0.497 e. The average Bonchev–Trinajstić information content (AvgIpc) is 3.47. The first-order chi connectivity index (χ1) is 16.5. The summed E-state index contributed by atoms with van der Waals surface area (Å²) in [5.74, 6) is 2.04. The van der Waals surface area contributed by atoms with Gasteiger partial charge in [-0.2, -0.15) is 4.98 Å². The molecular formula is C24H23N3O7. The Bertz CT molecular complexity index is 1280. The van der Waals surface area contributed by atoms with Gasteiger partial charge >= 0.3 is 5.97 Å². The number of hydrogen-bond donors (Lipinski definition) is 0. The van der Waals surface area contributed by atoms with Crippen LogP contribution in [0, 0.1) is 13.8 Å². The molecule has 0 radical (unpaired) electrons. The summed E-state index contributed by atoms with van der Waals surface area (Å²) in [4.78, 5) is 17.0. The first kappa shape index (κ1) is 22.8. The predicted molar refractivity (Wildman–Crippen MR) is 119 cm³/mol. The fourth-order valence-corrected chi connectivity index (χ4v) is 3.23. The van der Waals surface area contributed by atoms with Gasteiger partial charge in [-0.3, -0.25) is 0 Å². The second-order valence-corrected chi connectivity index (χ2v) is 7.24. The van der Waals surface area contributed by atoms with Gasteiger partial charge in [-0.05, 0) is 38.1 Å². The number of esters is 1. The first-order valence-corrected chi connectivity index (χ1v) is 10.4. The van der Waals surface area contributed by atoms with Gasteiger partial charge in [0.25, 0.3) is 5.89 Å². The molecule has 0 aliphatic rings. The van der Waals surface area contributed by atoms with Crippen molar-refractivity contribution in [3.63, 3.8) is 0 Å². The zero-order valence-electron chi connectivity index (χ0n) is 19.2. The molecule has 0 aliphatic heterocycles. The fraction of sp³-hybridized carbons (Fsp3) is 0.250. The highest BCUT2D eigenvalue weighted by molar-refractivity contribution is 5.92. The number of methoxy groups -OCH3 is 2. The maximum atomic E-state index is 12.7. The molecular weight excluding hydrogens is 442 g/mol. The van der Waals surface area contributed by atoms with Gasteiger partial charge in [-0.25, -0.2) is 4.79 Å². The number of aryl methyl sites for hydroxylation is 2. The van der Waals surface area contributed by atoms with E-state index in [-0.39, 0.29) is 24.7 Å².